The maximum absolute atomic E-state index is 5.46. The first-order valence-corrected chi connectivity index (χ1v) is 8.80. The molecular formula is C16H22O3Si. The number of aryl methyl sites for hydroxylation is 1. The fourth-order valence-electron chi connectivity index (χ4n) is 2.56. The summed E-state index contributed by atoms with van der Waals surface area (Å²) in [4.78, 5) is 0. The molecule has 0 saturated carbocycles. The van der Waals surface area contributed by atoms with Crippen LogP contribution in [0, 0.1) is 0 Å². The minimum Gasteiger partial charge on any atom is -0.377 e. The summed E-state index contributed by atoms with van der Waals surface area (Å²) >= 11 is 0. The summed E-state index contributed by atoms with van der Waals surface area (Å²) in [5.74, 6) is 0. The quantitative estimate of drug-likeness (QED) is 0.729. The summed E-state index contributed by atoms with van der Waals surface area (Å²) in [7, 11) is 2.55. The Hall–Kier alpha value is -1.20. The summed E-state index contributed by atoms with van der Waals surface area (Å²) in [6, 6.07) is 15.8. The Labute approximate surface area is 121 Å². The topological polar surface area (TPSA) is 27.7 Å². The molecule has 0 amide bonds. The van der Waals surface area contributed by atoms with Gasteiger partial charge in [0, 0.05) is 27.4 Å². The van der Waals surface area contributed by atoms with Gasteiger partial charge in [-0.1, -0.05) is 42.5 Å². The molecule has 0 spiro atoms. The average molecular weight is 290 g/mol. The van der Waals surface area contributed by atoms with E-state index >= 15 is 0 Å². The van der Waals surface area contributed by atoms with E-state index in [1.54, 1.807) is 21.3 Å². The molecular weight excluding hydrogens is 268 g/mol. The Bertz CT molecular complexity index is 539. The number of hydrogen-bond acceptors (Lipinski definition) is 3. The SMILES string of the molecule is CO[Si](CCCc1cccc2ccccc12)(OC)OC. The lowest BCUT2D eigenvalue weighted by Crippen LogP contribution is -2.42. The minimum absolute atomic E-state index is 0.833. The Morgan fingerprint density at radius 1 is 0.850 bits per heavy atom. The second kappa shape index (κ2) is 6.99. The smallest absolute Gasteiger partial charge is 0.377 e. The number of fused-ring (bicyclic) bond motifs is 1. The predicted molar refractivity (Wildman–Crippen MR) is 83.9 cm³/mol. The third-order valence-electron chi connectivity index (χ3n) is 3.74. The van der Waals surface area contributed by atoms with Crippen molar-refractivity contribution in [2.75, 3.05) is 21.3 Å². The third-order valence-corrected chi connectivity index (χ3v) is 6.57. The summed E-state index contributed by atoms with van der Waals surface area (Å²) in [5.41, 5.74) is 1.37. The van der Waals surface area contributed by atoms with Crippen molar-refractivity contribution in [2.24, 2.45) is 0 Å². The highest BCUT2D eigenvalue weighted by molar-refractivity contribution is 6.60. The fourth-order valence-corrected chi connectivity index (χ4v) is 4.28. The highest BCUT2D eigenvalue weighted by Crippen LogP contribution is 2.22. The van der Waals surface area contributed by atoms with Crippen LogP contribution in [-0.4, -0.2) is 30.1 Å². The van der Waals surface area contributed by atoms with Crippen molar-refractivity contribution in [1.82, 2.24) is 0 Å². The summed E-state index contributed by atoms with van der Waals surface area (Å²) in [6.45, 7) is 0. The molecule has 0 atom stereocenters. The van der Waals surface area contributed by atoms with Crippen LogP contribution in [0.2, 0.25) is 6.04 Å². The molecule has 4 heteroatoms. The first-order valence-electron chi connectivity index (χ1n) is 6.87. The zero-order chi connectivity index (χ0) is 14.4. The van der Waals surface area contributed by atoms with Crippen LogP contribution in [0.1, 0.15) is 12.0 Å². The zero-order valence-corrected chi connectivity index (χ0v) is 13.4. The lowest BCUT2D eigenvalue weighted by molar-refractivity contribution is 0.123. The van der Waals surface area contributed by atoms with Gasteiger partial charge in [-0.15, -0.1) is 0 Å². The highest BCUT2D eigenvalue weighted by Gasteiger charge is 2.36. The summed E-state index contributed by atoms with van der Waals surface area (Å²) in [5, 5.41) is 2.62. The fraction of sp³-hybridized carbons (Fsp3) is 0.375. The van der Waals surface area contributed by atoms with Gasteiger partial charge in [0.1, 0.15) is 0 Å². The van der Waals surface area contributed by atoms with E-state index in [1.807, 2.05) is 0 Å². The molecule has 3 nitrogen and oxygen atoms in total. The first kappa shape index (κ1) is 15.2. The van der Waals surface area contributed by atoms with E-state index < -0.39 is 8.80 Å². The van der Waals surface area contributed by atoms with E-state index in [0.717, 1.165) is 18.9 Å². The molecule has 0 unspecified atom stereocenters. The van der Waals surface area contributed by atoms with Gasteiger partial charge in [-0.2, -0.15) is 0 Å². The molecule has 2 aromatic carbocycles. The lowest BCUT2D eigenvalue weighted by atomic mass is 10.0. The second-order valence-electron chi connectivity index (χ2n) is 4.79. The lowest BCUT2D eigenvalue weighted by Gasteiger charge is -2.24. The molecule has 0 bridgehead atoms. The van der Waals surface area contributed by atoms with Gasteiger partial charge in [0.2, 0.25) is 0 Å². The predicted octanol–water partition coefficient (Wildman–Crippen LogP) is 3.65. The average Bonchev–Trinajstić information content (AvgIpc) is 2.52. The van der Waals surface area contributed by atoms with Gasteiger partial charge in [0.05, 0.1) is 0 Å². The molecule has 20 heavy (non-hydrogen) atoms. The number of rotatable bonds is 7. The highest BCUT2D eigenvalue weighted by atomic mass is 28.4. The maximum atomic E-state index is 5.46. The van der Waals surface area contributed by atoms with Gasteiger partial charge < -0.3 is 13.3 Å². The Kier molecular flexibility index (Phi) is 5.31. The van der Waals surface area contributed by atoms with Gasteiger partial charge in [0.15, 0.2) is 0 Å². The molecule has 108 valence electrons. The zero-order valence-electron chi connectivity index (χ0n) is 12.4. The van der Waals surface area contributed by atoms with Crippen LogP contribution < -0.4 is 0 Å². The van der Waals surface area contributed by atoms with Gasteiger partial charge in [-0.05, 0) is 29.2 Å². The van der Waals surface area contributed by atoms with Crippen LogP contribution in [-0.2, 0) is 19.7 Å². The Balaban J connectivity index is 2.06. The van der Waals surface area contributed by atoms with E-state index in [1.165, 1.54) is 16.3 Å². The Morgan fingerprint density at radius 3 is 2.20 bits per heavy atom. The molecule has 0 aliphatic rings. The first-order chi connectivity index (χ1) is 9.74. The van der Waals surface area contributed by atoms with E-state index in [4.69, 9.17) is 13.3 Å². The van der Waals surface area contributed by atoms with Crippen molar-refractivity contribution >= 4 is 19.6 Å². The maximum Gasteiger partial charge on any atom is 0.500 e. The molecule has 0 radical (unpaired) electrons. The second-order valence-corrected chi connectivity index (χ2v) is 7.88. The summed E-state index contributed by atoms with van der Waals surface area (Å²) < 4.78 is 16.4. The van der Waals surface area contributed by atoms with Crippen LogP contribution in [0.5, 0.6) is 0 Å². The monoisotopic (exact) mass is 290 g/mol. The van der Waals surface area contributed by atoms with Crippen LogP contribution in [0.15, 0.2) is 42.5 Å². The molecule has 2 rings (SSSR count). The van der Waals surface area contributed by atoms with Crippen molar-refractivity contribution in [2.45, 2.75) is 18.9 Å². The van der Waals surface area contributed by atoms with E-state index in [2.05, 4.69) is 42.5 Å². The number of hydrogen-bond donors (Lipinski definition) is 0. The van der Waals surface area contributed by atoms with E-state index in [-0.39, 0.29) is 0 Å². The third kappa shape index (κ3) is 3.27. The van der Waals surface area contributed by atoms with Crippen LogP contribution in [0.4, 0.5) is 0 Å². The Morgan fingerprint density at radius 2 is 1.50 bits per heavy atom. The van der Waals surface area contributed by atoms with Gasteiger partial charge in [0.25, 0.3) is 0 Å². The summed E-state index contributed by atoms with van der Waals surface area (Å²) in [6.07, 6.45) is 2.00. The minimum atomic E-state index is -2.44. The molecule has 0 fully saturated rings. The van der Waals surface area contributed by atoms with E-state index in [9.17, 15) is 0 Å². The van der Waals surface area contributed by atoms with Crippen molar-refractivity contribution in [3.05, 3.63) is 48.0 Å². The van der Waals surface area contributed by atoms with Gasteiger partial charge >= 0.3 is 8.80 Å². The molecule has 0 aromatic heterocycles. The van der Waals surface area contributed by atoms with Gasteiger partial charge in [-0.3, -0.25) is 0 Å². The van der Waals surface area contributed by atoms with Crippen LogP contribution >= 0.6 is 0 Å². The van der Waals surface area contributed by atoms with Crippen molar-refractivity contribution in [3.8, 4) is 0 Å². The van der Waals surface area contributed by atoms with Crippen LogP contribution in [0.3, 0.4) is 0 Å². The molecule has 0 aliphatic carbocycles. The number of benzene rings is 2. The molecule has 0 saturated heterocycles. The van der Waals surface area contributed by atoms with Crippen molar-refractivity contribution in [3.63, 3.8) is 0 Å². The largest absolute Gasteiger partial charge is 0.500 e. The standard InChI is InChI=1S/C16H22O3Si/c1-17-20(18-2,19-3)13-7-11-15-10-6-9-14-8-4-5-12-16(14)15/h4-6,8-10,12H,7,11,13H2,1-3H3. The van der Waals surface area contributed by atoms with Gasteiger partial charge in [-0.25, -0.2) is 0 Å². The van der Waals surface area contributed by atoms with Crippen molar-refractivity contribution < 1.29 is 13.3 Å². The normalized spacial score (nSPS) is 11.9. The molecule has 2 aromatic rings. The van der Waals surface area contributed by atoms with Crippen LogP contribution in [0.25, 0.3) is 10.8 Å². The van der Waals surface area contributed by atoms with E-state index in [0.29, 0.717) is 0 Å². The molecule has 0 aliphatic heterocycles. The molecule has 0 N–H and O–H groups in total. The van der Waals surface area contributed by atoms with Crippen molar-refractivity contribution in [1.29, 1.82) is 0 Å². The molecule has 0 heterocycles.